The van der Waals surface area contributed by atoms with Gasteiger partial charge in [-0.1, -0.05) is 23.7 Å². The van der Waals surface area contributed by atoms with Crippen molar-refractivity contribution in [2.75, 3.05) is 7.11 Å². The molecule has 0 saturated carbocycles. The molecule has 0 aliphatic heterocycles. The summed E-state index contributed by atoms with van der Waals surface area (Å²) < 4.78 is 45.1. The van der Waals surface area contributed by atoms with Crippen molar-refractivity contribution >= 4 is 27.6 Å². The first-order valence-corrected chi connectivity index (χ1v) is 8.76. The van der Waals surface area contributed by atoms with Crippen molar-refractivity contribution in [3.05, 3.63) is 64.4 Å². The maximum absolute atomic E-state index is 13.0. The predicted octanol–water partition coefficient (Wildman–Crippen LogP) is 3.31. The van der Waals surface area contributed by atoms with Gasteiger partial charge in [0.15, 0.2) is 0 Å². The van der Waals surface area contributed by atoms with Crippen LogP contribution in [0.4, 0.5) is 4.39 Å². The normalized spacial score (nSPS) is 12.7. The highest BCUT2D eigenvalue weighted by Crippen LogP contribution is 2.25. The van der Waals surface area contributed by atoms with Gasteiger partial charge in [-0.3, -0.25) is 0 Å². The van der Waals surface area contributed by atoms with E-state index in [0.717, 1.165) is 6.07 Å². The summed E-state index contributed by atoms with van der Waals surface area (Å²) >= 11 is 5.96. The van der Waals surface area contributed by atoms with Gasteiger partial charge in [-0.15, -0.1) is 0 Å². The quantitative estimate of drug-likeness (QED) is 0.818. The number of methoxy groups -OCH3 is 1. The van der Waals surface area contributed by atoms with Crippen LogP contribution in [-0.2, 0) is 14.8 Å². The van der Waals surface area contributed by atoms with Crippen LogP contribution in [0.3, 0.4) is 0 Å². The van der Waals surface area contributed by atoms with Crippen molar-refractivity contribution in [1.29, 1.82) is 0 Å². The molecule has 1 atom stereocenters. The van der Waals surface area contributed by atoms with Crippen LogP contribution in [0.2, 0.25) is 5.02 Å². The number of rotatable bonds is 5. The molecule has 0 bridgehead atoms. The Balaban J connectivity index is 2.33. The van der Waals surface area contributed by atoms with Crippen LogP contribution >= 0.6 is 11.6 Å². The molecule has 2 rings (SSSR count). The molecule has 0 saturated heterocycles. The lowest BCUT2D eigenvalue weighted by Crippen LogP contribution is -2.27. The Bertz CT molecular complexity index is 853. The van der Waals surface area contributed by atoms with Gasteiger partial charge >= 0.3 is 5.97 Å². The predicted molar refractivity (Wildman–Crippen MR) is 87.9 cm³/mol. The zero-order chi connectivity index (χ0) is 17.9. The van der Waals surface area contributed by atoms with Crippen molar-refractivity contribution in [1.82, 2.24) is 4.72 Å². The van der Waals surface area contributed by atoms with E-state index in [1.807, 2.05) is 0 Å². The number of ether oxygens (including phenoxy) is 1. The number of sulfonamides is 1. The van der Waals surface area contributed by atoms with Gasteiger partial charge in [-0.2, -0.15) is 0 Å². The smallest absolute Gasteiger partial charge is 0.337 e. The number of esters is 1. The molecule has 0 aromatic heterocycles. The Morgan fingerprint density at radius 1 is 1.21 bits per heavy atom. The fraction of sp³-hybridized carbons (Fsp3) is 0.188. The first-order valence-electron chi connectivity index (χ1n) is 6.90. The number of hydrogen-bond donors (Lipinski definition) is 1. The van der Waals surface area contributed by atoms with E-state index in [2.05, 4.69) is 9.46 Å². The summed E-state index contributed by atoms with van der Waals surface area (Å²) in [5.41, 5.74) is 0.650. The van der Waals surface area contributed by atoms with E-state index in [4.69, 9.17) is 11.6 Å². The van der Waals surface area contributed by atoms with Crippen molar-refractivity contribution < 1.29 is 22.3 Å². The summed E-state index contributed by atoms with van der Waals surface area (Å²) in [6.07, 6.45) is 0. The molecule has 0 aliphatic rings. The van der Waals surface area contributed by atoms with Gasteiger partial charge in [0.1, 0.15) is 10.7 Å². The second-order valence-electron chi connectivity index (χ2n) is 5.03. The van der Waals surface area contributed by atoms with Crippen LogP contribution in [0, 0.1) is 5.82 Å². The molecule has 0 radical (unpaired) electrons. The number of hydrogen-bond acceptors (Lipinski definition) is 4. The lowest BCUT2D eigenvalue weighted by molar-refractivity contribution is 0.0600. The highest BCUT2D eigenvalue weighted by atomic mass is 35.5. The summed E-state index contributed by atoms with van der Waals surface area (Å²) in [7, 11) is -2.80. The third-order valence-electron chi connectivity index (χ3n) is 3.34. The van der Waals surface area contributed by atoms with E-state index in [9.17, 15) is 17.6 Å². The van der Waals surface area contributed by atoms with Crippen molar-refractivity contribution in [3.8, 4) is 0 Å². The summed E-state index contributed by atoms with van der Waals surface area (Å²) in [4.78, 5) is 11.3. The van der Waals surface area contributed by atoms with Gasteiger partial charge in [0.2, 0.25) is 10.0 Å². The Hall–Kier alpha value is -1.96. The molecule has 0 unspecified atom stereocenters. The van der Waals surface area contributed by atoms with Crippen molar-refractivity contribution in [2.45, 2.75) is 17.9 Å². The lowest BCUT2D eigenvalue weighted by atomic mass is 10.1. The summed E-state index contributed by atoms with van der Waals surface area (Å²) in [6, 6.07) is 8.66. The minimum absolute atomic E-state index is 0.0264. The SMILES string of the molecule is COC(=O)c1ccc(Cl)c(S(=O)(=O)N[C@@H](C)c2ccc(F)cc2)c1. The molecule has 1 N–H and O–H groups in total. The van der Waals surface area contributed by atoms with Gasteiger partial charge in [0, 0.05) is 6.04 Å². The molecule has 0 fully saturated rings. The van der Waals surface area contributed by atoms with Crippen molar-refractivity contribution in [2.24, 2.45) is 0 Å². The van der Waals surface area contributed by atoms with E-state index in [1.165, 1.54) is 43.5 Å². The van der Waals surface area contributed by atoms with Crippen LogP contribution in [0.5, 0.6) is 0 Å². The maximum atomic E-state index is 13.0. The van der Waals surface area contributed by atoms with Gasteiger partial charge in [-0.25, -0.2) is 22.3 Å². The maximum Gasteiger partial charge on any atom is 0.337 e. The largest absolute Gasteiger partial charge is 0.465 e. The molecule has 5 nitrogen and oxygen atoms in total. The van der Waals surface area contributed by atoms with Crippen LogP contribution in [0.25, 0.3) is 0 Å². The number of halogens is 2. The standard InChI is InChI=1S/C16H15ClFNO4S/c1-10(11-3-6-13(18)7-4-11)19-24(21,22)15-9-12(16(20)23-2)5-8-14(15)17/h3-10,19H,1-2H3/t10-/m0/s1. The third-order valence-corrected chi connectivity index (χ3v) is 5.37. The van der Waals surface area contributed by atoms with Gasteiger partial charge < -0.3 is 4.74 Å². The summed E-state index contributed by atoms with van der Waals surface area (Å²) in [6.45, 7) is 1.61. The fourth-order valence-corrected chi connectivity index (χ4v) is 3.83. The van der Waals surface area contributed by atoms with E-state index in [0.29, 0.717) is 5.56 Å². The van der Waals surface area contributed by atoms with Gasteiger partial charge in [-0.05, 0) is 42.8 Å². The fourth-order valence-electron chi connectivity index (χ4n) is 2.07. The highest BCUT2D eigenvalue weighted by molar-refractivity contribution is 7.89. The summed E-state index contributed by atoms with van der Waals surface area (Å²) in [5, 5.41) is -0.0264. The average Bonchev–Trinajstić information content (AvgIpc) is 2.54. The lowest BCUT2D eigenvalue weighted by Gasteiger charge is -2.16. The van der Waals surface area contributed by atoms with Gasteiger partial charge in [0.05, 0.1) is 17.7 Å². The zero-order valence-corrected chi connectivity index (χ0v) is 14.5. The van der Waals surface area contributed by atoms with Crippen LogP contribution in [-0.4, -0.2) is 21.5 Å². The monoisotopic (exact) mass is 371 g/mol. The number of benzene rings is 2. The number of carbonyl (C=O) groups is 1. The van der Waals surface area contributed by atoms with Gasteiger partial charge in [0.25, 0.3) is 0 Å². The molecule has 2 aromatic rings. The molecule has 0 spiro atoms. The molecule has 0 aliphatic carbocycles. The van der Waals surface area contributed by atoms with Crippen LogP contribution in [0.15, 0.2) is 47.4 Å². The molecule has 8 heteroatoms. The highest BCUT2D eigenvalue weighted by Gasteiger charge is 2.23. The van der Waals surface area contributed by atoms with Crippen LogP contribution < -0.4 is 4.72 Å². The molecule has 0 amide bonds. The minimum Gasteiger partial charge on any atom is -0.465 e. The average molecular weight is 372 g/mol. The molecular formula is C16H15ClFNO4S. The summed E-state index contributed by atoms with van der Waals surface area (Å²) in [5.74, 6) is -1.09. The molecule has 0 heterocycles. The Kier molecular flexibility index (Phi) is 5.58. The number of nitrogens with one attached hydrogen (secondary N) is 1. The Morgan fingerprint density at radius 2 is 1.83 bits per heavy atom. The van der Waals surface area contributed by atoms with E-state index < -0.39 is 27.9 Å². The number of carbonyl (C=O) groups excluding carboxylic acids is 1. The van der Waals surface area contributed by atoms with E-state index in [1.54, 1.807) is 6.92 Å². The second-order valence-corrected chi connectivity index (χ2v) is 7.12. The van der Waals surface area contributed by atoms with Crippen molar-refractivity contribution in [3.63, 3.8) is 0 Å². The Morgan fingerprint density at radius 3 is 2.42 bits per heavy atom. The molecular weight excluding hydrogens is 357 g/mol. The molecule has 24 heavy (non-hydrogen) atoms. The minimum atomic E-state index is -4.00. The molecule has 128 valence electrons. The zero-order valence-electron chi connectivity index (χ0n) is 12.9. The van der Waals surface area contributed by atoms with Crippen LogP contribution in [0.1, 0.15) is 28.9 Å². The van der Waals surface area contributed by atoms with E-state index in [-0.39, 0.29) is 15.5 Å². The first kappa shape index (κ1) is 18.4. The topological polar surface area (TPSA) is 72.5 Å². The molecule has 2 aromatic carbocycles. The van der Waals surface area contributed by atoms with E-state index >= 15 is 0 Å². The Labute approximate surface area is 144 Å². The third kappa shape index (κ3) is 4.11. The second kappa shape index (κ2) is 7.29. The first-order chi connectivity index (χ1) is 11.2.